The van der Waals surface area contributed by atoms with Crippen molar-refractivity contribution in [3.8, 4) is 0 Å². The van der Waals surface area contributed by atoms with Crippen LogP contribution in [-0.4, -0.2) is 71.4 Å². The Morgan fingerprint density at radius 3 is 2.37 bits per heavy atom. The summed E-state index contributed by atoms with van der Waals surface area (Å²) in [4.78, 5) is 26.0. The molecular weight excluding hydrogens is 566 g/mol. The smallest absolute Gasteiger partial charge is 0.258 e. The standard InChI is InChI=1S/C40H51N5O/c1-3-5-11-31(4-2)28-43-23-17-32(18-24-43)16-22-41-39-35-14-9-10-15-36(35)42-37-30-45(40(46)38(37)39)27-21-33-19-25-44(26-20-33)29-34-12-7-6-8-13-34/h3-15,32-33H,2,16-30H2,1H3,(H,41,42)/b5-3-,31-11+. The first kappa shape index (κ1) is 32.2. The highest BCUT2D eigenvalue weighted by Gasteiger charge is 2.33. The lowest BCUT2D eigenvalue weighted by Gasteiger charge is -2.32. The van der Waals surface area contributed by atoms with Gasteiger partial charge in [-0.05, 0) is 101 Å². The molecular formula is C40H51N5O. The number of rotatable bonds is 13. The van der Waals surface area contributed by atoms with Gasteiger partial charge in [0, 0.05) is 31.6 Å². The van der Waals surface area contributed by atoms with Gasteiger partial charge in [0.25, 0.3) is 5.91 Å². The number of carbonyl (C=O) groups excluding carboxylic acids is 1. The van der Waals surface area contributed by atoms with Crippen LogP contribution in [0.5, 0.6) is 0 Å². The number of para-hydroxylation sites is 1. The molecule has 2 saturated heterocycles. The van der Waals surface area contributed by atoms with E-state index in [-0.39, 0.29) is 5.91 Å². The first-order valence-corrected chi connectivity index (χ1v) is 17.5. The summed E-state index contributed by atoms with van der Waals surface area (Å²) in [5.74, 6) is 1.52. The van der Waals surface area contributed by atoms with Crippen LogP contribution in [0, 0.1) is 11.8 Å². The van der Waals surface area contributed by atoms with Crippen molar-refractivity contribution in [1.82, 2.24) is 19.7 Å². The molecule has 4 heterocycles. The van der Waals surface area contributed by atoms with E-state index in [0.29, 0.717) is 18.4 Å². The van der Waals surface area contributed by atoms with Gasteiger partial charge in [-0.3, -0.25) is 14.6 Å². The number of hydrogen-bond acceptors (Lipinski definition) is 5. The number of benzene rings is 2. The Hall–Kier alpha value is -3.74. The van der Waals surface area contributed by atoms with Crippen LogP contribution < -0.4 is 5.32 Å². The minimum Gasteiger partial charge on any atom is -0.384 e. The van der Waals surface area contributed by atoms with Crippen LogP contribution in [0.4, 0.5) is 5.69 Å². The van der Waals surface area contributed by atoms with Crippen LogP contribution in [0.15, 0.2) is 91.1 Å². The molecule has 6 heteroatoms. The summed E-state index contributed by atoms with van der Waals surface area (Å²) >= 11 is 0. The van der Waals surface area contributed by atoms with Crippen molar-refractivity contribution in [3.63, 3.8) is 0 Å². The van der Waals surface area contributed by atoms with Crippen molar-refractivity contribution in [3.05, 3.63) is 108 Å². The Morgan fingerprint density at radius 2 is 1.63 bits per heavy atom. The fraction of sp³-hybridized carbons (Fsp3) is 0.450. The Kier molecular flexibility index (Phi) is 11.0. The van der Waals surface area contributed by atoms with E-state index < -0.39 is 0 Å². The summed E-state index contributed by atoms with van der Waals surface area (Å²) in [6.45, 7) is 14.9. The molecule has 0 unspecified atom stereocenters. The predicted molar refractivity (Wildman–Crippen MR) is 191 cm³/mol. The van der Waals surface area contributed by atoms with Crippen LogP contribution in [0.25, 0.3) is 10.9 Å². The van der Waals surface area contributed by atoms with Gasteiger partial charge in [-0.15, -0.1) is 0 Å². The van der Waals surface area contributed by atoms with Gasteiger partial charge in [-0.25, -0.2) is 4.98 Å². The number of likely N-dealkylation sites (tertiary alicyclic amines) is 2. The van der Waals surface area contributed by atoms with Gasteiger partial charge in [-0.2, -0.15) is 0 Å². The zero-order valence-electron chi connectivity index (χ0n) is 27.7. The number of fused-ring (bicyclic) bond motifs is 2. The molecule has 0 atom stereocenters. The maximum Gasteiger partial charge on any atom is 0.258 e. The number of hydrogen-bond donors (Lipinski definition) is 1. The zero-order valence-corrected chi connectivity index (χ0v) is 27.7. The molecule has 0 saturated carbocycles. The van der Waals surface area contributed by atoms with Gasteiger partial charge in [0.2, 0.25) is 0 Å². The van der Waals surface area contributed by atoms with Gasteiger partial charge in [-0.1, -0.05) is 79.4 Å². The Bertz CT molecular complexity index is 1530. The molecule has 6 rings (SSSR count). The average molecular weight is 618 g/mol. The number of nitrogens with zero attached hydrogens (tertiary/aromatic N) is 4. The number of piperidine rings is 2. The summed E-state index contributed by atoms with van der Waals surface area (Å²) < 4.78 is 0. The van der Waals surface area contributed by atoms with Crippen molar-refractivity contribution >= 4 is 22.5 Å². The fourth-order valence-corrected chi connectivity index (χ4v) is 7.49. The quantitative estimate of drug-likeness (QED) is 0.199. The molecule has 3 aliphatic rings. The molecule has 46 heavy (non-hydrogen) atoms. The van der Waals surface area contributed by atoms with E-state index in [1.165, 1.54) is 36.8 Å². The summed E-state index contributed by atoms with van der Waals surface area (Å²) in [7, 11) is 0. The number of allylic oxidation sites excluding steroid dienone is 3. The van der Waals surface area contributed by atoms with Crippen molar-refractivity contribution in [2.75, 3.05) is 51.1 Å². The Morgan fingerprint density at radius 1 is 0.935 bits per heavy atom. The molecule has 1 amide bonds. The van der Waals surface area contributed by atoms with Crippen molar-refractivity contribution < 1.29 is 4.79 Å². The van der Waals surface area contributed by atoms with E-state index in [4.69, 9.17) is 4.98 Å². The highest BCUT2D eigenvalue weighted by Crippen LogP contribution is 2.35. The van der Waals surface area contributed by atoms with Gasteiger partial charge in [0.15, 0.2) is 0 Å². The lowest BCUT2D eigenvalue weighted by atomic mass is 9.93. The lowest BCUT2D eigenvalue weighted by Crippen LogP contribution is -2.35. The van der Waals surface area contributed by atoms with Gasteiger partial charge in [0.05, 0.1) is 29.0 Å². The zero-order chi connectivity index (χ0) is 31.7. The number of aromatic nitrogens is 1. The number of nitrogens with one attached hydrogen (secondary N) is 1. The van der Waals surface area contributed by atoms with Gasteiger partial charge < -0.3 is 10.2 Å². The van der Waals surface area contributed by atoms with Crippen molar-refractivity contribution in [2.24, 2.45) is 11.8 Å². The molecule has 0 radical (unpaired) electrons. The molecule has 0 aliphatic carbocycles. The van der Waals surface area contributed by atoms with Crippen LogP contribution in [0.3, 0.4) is 0 Å². The number of anilines is 1. The molecule has 6 nitrogen and oxygen atoms in total. The highest BCUT2D eigenvalue weighted by atomic mass is 16.2. The molecule has 3 aliphatic heterocycles. The molecule has 1 aromatic heterocycles. The monoisotopic (exact) mass is 617 g/mol. The Balaban J connectivity index is 1.02. The molecule has 1 N–H and O–H groups in total. The van der Waals surface area contributed by atoms with Crippen molar-refractivity contribution in [2.45, 2.75) is 58.5 Å². The Labute approximate surface area is 275 Å². The summed E-state index contributed by atoms with van der Waals surface area (Å²) in [6.07, 6.45) is 15.3. The maximum absolute atomic E-state index is 13.9. The normalized spacial score (nSPS) is 18.9. The van der Waals surface area contributed by atoms with E-state index in [0.717, 1.165) is 93.0 Å². The molecule has 2 aromatic carbocycles. The largest absolute Gasteiger partial charge is 0.384 e. The fourth-order valence-electron chi connectivity index (χ4n) is 7.49. The first-order valence-electron chi connectivity index (χ1n) is 17.5. The topological polar surface area (TPSA) is 51.7 Å². The highest BCUT2D eigenvalue weighted by molar-refractivity contribution is 6.09. The van der Waals surface area contributed by atoms with Gasteiger partial charge >= 0.3 is 0 Å². The minimum atomic E-state index is 0.148. The number of amides is 1. The molecule has 2 fully saturated rings. The van der Waals surface area contributed by atoms with E-state index in [9.17, 15) is 4.79 Å². The third-order valence-electron chi connectivity index (χ3n) is 10.3. The second kappa shape index (κ2) is 15.7. The van der Waals surface area contributed by atoms with Crippen LogP contribution in [-0.2, 0) is 13.1 Å². The van der Waals surface area contributed by atoms with Gasteiger partial charge in [0.1, 0.15) is 0 Å². The predicted octanol–water partition coefficient (Wildman–Crippen LogP) is 7.70. The second-order valence-electron chi connectivity index (χ2n) is 13.5. The summed E-state index contributed by atoms with van der Waals surface area (Å²) in [5, 5.41) is 4.81. The molecule has 0 spiro atoms. The van der Waals surface area contributed by atoms with Crippen molar-refractivity contribution in [1.29, 1.82) is 0 Å². The van der Waals surface area contributed by atoms with Crippen LogP contribution >= 0.6 is 0 Å². The minimum absolute atomic E-state index is 0.148. The molecule has 0 bridgehead atoms. The summed E-state index contributed by atoms with van der Waals surface area (Å²) in [6, 6.07) is 19.1. The number of carbonyl (C=O) groups is 1. The van der Waals surface area contributed by atoms with E-state index >= 15 is 0 Å². The van der Waals surface area contributed by atoms with E-state index in [2.05, 4.69) is 93.4 Å². The lowest BCUT2D eigenvalue weighted by molar-refractivity contribution is 0.0757. The average Bonchev–Trinajstić information content (AvgIpc) is 3.41. The van der Waals surface area contributed by atoms with Crippen LogP contribution in [0.2, 0.25) is 0 Å². The first-order chi connectivity index (χ1) is 22.6. The number of pyridine rings is 1. The van der Waals surface area contributed by atoms with E-state index in [1.807, 2.05) is 19.1 Å². The molecule has 242 valence electrons. The van der Waals surface area contributed by atoms with E-state index in [1.54, 1.807) is 0 Å². The molecule has 3 aromatic rings. The second-order valence-corrected chi connectivity index (χ2v) is 13.5. The maximum atomic E-state index is 13.9. The van der Waals surface area contributed by atoms with Crippen LogP contribution in [0.1, 0.15) is 67.1 Å². The SMILES string of the molecule is C=C/C(=C\C=C/C)CN1CCC(CCNc2c3c(nc4ccccc24)CN(CCC2CCN(Cc4ccccc4)CC2)C3=O)CC1. The third-order valence-corrected chi connectivity index (χ3v) is 10.3. The third kappa shape index (κ3) is 7.97. The summed E-state index contributed by atoms with van der Waals surface area (Å²) in [5.41, 5.74) is 6.37.